The molecule has 0 aliphatic heterocycles. The molecule has 1 rings (SSSR count). The molecule has 0 spiro atoms. The van der Waals surface area contributed by atoms with Gasteiger partial charge in [0.25, 0.3) is 0 Å². The predicted octanol–water partition coefficient (Wildman–Crippen LogP) is 1.51. The van der Waals surface area contributed by atoms with E-state index in [2.05, 4.69) is 12.1 Å². The highest BCUT2D eigenvalue weighted by Crippen LogP contribution is 2.13. The lowest BCUT2D eigenvalue weighted by atomic mass is 10.1. The Morgan fingerprint density at radius 2 is 2.15 bits per heavy atom. The highest BCUT2D eigenvalue weighted by Gasteiger charge is 2.10. The molecule has 1 aromatic carbocycles. The second-order valence-corrected chi connectivity index (χ2v) is 4.64. The topological polar surface area (TPSA) is 82.1 Å². The number of benzene rings is 1. The Balaban J connectivity index is 2.79. The van der Waals surface area contributed by atoms with Gasteiger partial charge < -0.3 is 16.0 Å². The maximum absolute atomic E-state index is 14.0. The fourth-order valence-corrected chi connectivity index (χ4v) is 1.93. The third kappa shape index (κ3) is 4.79. The van der Waals surface area contributed by atoms with E-state index in [0.717, 1.165) is 19.4 Å². The number of aliphatic hydroxyl groups is 1. The smallest absolute Gasteiger partial charge is 0.170 e. The summed E-state index contributed by atoms with van der Waals surface area (Å²) in [5, 5.41) is 20.4. The van der Waals surface area contributed by atoms with Crippen molar-refractivity contribution in [3.8, 4) is 0 Å². The number of nitrogens with zero attached hydrogens (tertiary/aromatic N) is 2. The Hall–Kier alpha value is -1.66. The van der Waals surface area contributed by atoms with Crippen molar-refractivity contribution in [3.63, 3.8) is 0 Å². The number of hydrogen-bond donors (Lipinski definition) is 3. The third-order valence-corrected chi connectivity index (χ3v) is 3.09. The second-order valence-electron chi connectivity index (χ2n) is 4.64. The van der Waals surface area contributed by atoms with Crippen molar-refractivity contribution in [2.24, 2.45) is 10.9 Å². The fourth-order valence-electron chi connectivity index (χ4n) is 1.93. The molecule has 112 valence electrons. The van der Waals surface area contributed by atoms with E-state index < -0.39 is 5.82 Å². The van der Waals surface area contributed by atoms with Gasteiger partial charge in [-0.2, -0.15) is 0 Å². The van der Waals surface area contributed by atoms with Gasteiger partial charge in [0.15, 0.2) is 5.84 Å². The summed E-state index contributed by atoms with van der Waals surface area (Å²) in [6.45, 7) is 3.90. The number of amidine groups is 1. The molecule has 20 heavy (non-hydrogen) atoms. The summed E-state index contributed by atoms with van der Waals surface area (Å²) in [6, 6.07) is 4.49. The van der Waals surface area contributed by atoms with Gasteiger partial charge in [0, 0.05) is 24.2 Å². The SMILES string of the molecule is CCCCN(CCO)Cc1ccc(C(N)=NO)cc1F. The van der Waals surface area contributed by atoms with E-state index in [1.54, 1.807) is 12.1 Å². The number of hydrogen-bond acceptors (Lipinski definition) is 4. The Bertz CT molecular complexity index is 452. The second kappa shape index (κ2) is 8.50. The van der Waals surface area contributed by atoms with Gasteiger partial charge in [-0.25, -0.2) is 4.39 Å². The predicted molar refractivity (Wildman–Crippen MR) is 76.2 cm³/mol. The molecule has 6 heteroatoms. The molecular weight excluding hydrogens is 261 g/mol. The molecular formula is C14H22FN3O2. The van der Waals surface area contributed by atoms with Crippen molar-refractivity contribution in [2.75, 3.05) is 19.7 Å². The standard InChI is InChI=1S/C14H22FN3O2/c1-2-3-6-18(7-8-19)10-12-5-4-11(9-13(12)15)14(16)17-20/h4-5,9,19-20H,2-3,6-8,10H2,1H3,(H2,16,17). The summed E-state index contributed by atoms with van der Waals surface area (Å²) in [4.78, 5) is 2.01. The van der Waals surface area contributed by atoms with Crippen LogP contribution in [0, 0.1) is 5.82 Å². The molecule has 0 aromatic heterocycles. The largest absolute Gasteiger partial charge is 0.409 e. The number of halogens is 1. The molecule has 0 fully saturated rings. The number of unbranched alkanes of at least 4 members (excludes halogenated alkanes) is 1. The third-order valence-electron chi connectivity index (χ3n) is 3.09. The zero-order valence-electron chi connectivity index (χ0n) is 11.7. The number of rotatable bonds is 8. The van der Waals surface area contributed by atoms with Gasteiger partial charge >= 0.3 is 0 Å². The van der Waals surface area contributed by atoms with Gasteiger partial charge in [-0.15, -0.1) is 0 Å². The van der Waals surface area contributed by atoms with Crippen LogP contribution in [-0.4, -0.2) is 40.7 Å². The van der Waals surface area contributed by atoms with Crippen LogP contribution in [0.1, 0.15) is 30.9 Å². The van der Waals surface area contributed by atoms with Crippen LogP contribution in [-0.2, 0) is 6.54 Å². The Labute approximate surface area is 118 Å². The lowest BCUT2D eigenvalue weighted by Crippen LogP contribution is -2.28. The molecule has 0 saturated heterocycles. The summed E-state index contributed by atoms with van der Waals surface area (Å²) in [5.74, 6) is -0.512. The number of oxime groups is 1. The van der Waals surface area contributed by atoms with Crippen molar-refractivity contribution >= 4 is 5.84 Å². The first-order valence-corrected chi connectivity index (χ1v) is 6.71. The molecule has 0 aliphatic rings. The molecule has 0 amide bonds. The maximum Gasteiger partial charge on any atom is 0.170 e. The first-order valence-electron chi connectivity index (χ1n) is 6.71. The van der Waals surface area contributed by atoms with Crippen LogP contribution in [0.4, 0.5) is 4.39 Å². The van der Waals surface area contributed by atoms with Crippen molar-refractivity contribution in [2.45, 2.75) is 26.3 Å². The minimum Gasteiger partial charge on any atom is -0.409 e. The summed E-state index contributed by atoms with van der Waals surface area (Å²) in [7, 11) is 0. The highest BCUT2D eigenvalue weighted by molar-refractivity contribution is 5.97. The van der Waals surface area contributed by atoms with Crippen LogP contribution in [0.2, 0.25) is 0 Å². The summed E-state index contributed by atoms with van der Waals surface area (Å²) < 4.78 is 14.0. The summed E-state index contributed by atoms with van der Waals surface area (Å²) >= 11 is 0. The van der Waals surface area contributed by atoms with E-state index >= 15 is 0 Å². The van der Waals surface area contributed by atoms with Crippen LogP contribution in [0.15, 0.2) is 23.4 Å². The van der Waals surface area contributed by atoms with Gasteiger partial charge in [-0.1, -0.05) is 30.6 Å². The first kappa shape index (κ1) is 16.4. The van der Waals surface area contributed by atoms with Gasteiger partial charge in [-0.3, -0.25) is 4.90 Å². The molecule has 0 unspecified atom stereocenters. The maximum atomic E-state index is 14.0. The normalized spacial score (nSPS) is 12.1. The average Bonchev–Trinajstić information content (AvgIpc) is 2.46. The Kier molecular flexibility index (Phi) is 6.97. The van der Waals surface area contributed by atoms with E-state index in [0.29, 0.717) is 24.2 Å². The molecule has 5 nitrogen and oxygen atoms in total. The Morgan fingerprint density at radius 3 is 2.70 bits per heavy atom. The summed E-state index contributed by atoms with van der Waals surface area (Å²) in [5.41, 5.74) is 6.29. The first-order chi connectivity index (χ1) is 9.62. The minimum atomic E-state index is -0.395. The molecule has 0 heterocycles. The molecule has 0 aliphatic carbocycles. The van der Waals surface area contributed by atoms with E-state index in [1.165, 1.54) is 6.07 Å². The molecule has 1 aromatic rings. The van der Waals surface area contributed by atoms with Gasteiger partial charge in [0.2, 0.25) is 0 Å². The summed E-state index contributed by atoms with van der Waals surface area (Å²) in [6.07, 6.45) is 2.05. The van der Waals surface area contributed by atoms with Gasteiger partial charge in [-0.05, 0) is 19.0 Å². The molecule has 0 bridgehead atoms. The minimum absolute atomic E-state index is 0.0491. The van der Waals surface area contributed by atoms with Crippen molar-refractivity contribution < 1.29 is 14.7 Å². The van der Waals surface area contributed by atoms with Crippen LogP contribution < -0.4 is 5.73 Å². The van der Waals surface area contributed by atoms with E-state index in [4.69, 9.17) is 16.0 Å². The molecule has 4 N–H and O–H groups in total. The van der Waals surface area contributed by atoms with Crippen molar-refractivity contribution in [1.82, 2.24) is 4.90 Å². The Morgan fingerprint density at radius 1 is 1.40 bits per heavy atom. The van der Waals surface area contributed by atoms with Crippen molar-refractivity contribution in [1.29, 1.82) is 0 Å². The molecule has 0 atom stereocenters. The number of aliphatic hydroxyl groups excluding tert-OH is 1. The van der Waals surface area contributed by atoms with Crippen LogP contribution in [0.3, 0.4) is 0 Å². The van der Waals surface area contributed by atoms with Crippen LogP contribution in [0.25, 0.3) is 0 Å². The highest BCUT2D eigenvalue weighted by atomic mass is 19.1. The number of nitrogens with two attached hydrogens (primary N) is 1. The van der Waals surface area contributed by atoms with E-state index in [-0.39, 0.29) is 12.4 Å². The quantitative estimate of drug-likeness (QED) is 0.292. The van der Waals surface area contributed by atoms with Crippen LogP contribution in [0.5, 0.6) is 0 Å². The molecule has 0 saturated carbocycles. The monoisotopic (exact) mass is 283 g/mol. The van der Waals surface area contributed by atoms with Gasteiger partial charge in [0.05, 0.1) is 6.61 Å². The van der Waals surface area contributed by atoms with Crippen molar-refractivity contribution in [3.05, 3.63) is 35.1 Å². The van der Waals surface area contributed by atoms with E-state index in [1.807, 2.05) is 4.90 Å². The molecule has 0 radical (unpaired) electrons. The van der Waals surface area contributed by atoms with Gasteiger partial charge in [0.1, 0.15) is 5.82 Å². The lowest BCUT2D eigenvalue weighted by Gasteiger charge is -2.21. The van der Waals surface area contributed by atoms with E-state index in [9.17, 15) is 4.39 Å². The fraction of sp³-hybridized carbons (Fsp3) is 0.500. The lowest BCUT2D eigenvalue weighted by molar-refractivity contribution is 0.187. The zero-order valence-corrected chi connectivity index (χ0v) is 11.7. The zero-order chi connectivity index (χ0) is 15.0. The van der Waals surface area contributed by atoms with Crippen LogP contribution >= 0.6 is 0 Å². The average molecular weight is 283 g/mol.